The Hall–Kier alpha value is -1.72. The molecule has 1 saturated heterocycles. The first kappa shape index (κ1) is 19.6. The van der Waals surface area contributed by atoms with Gasteiger partial charge in [0.25, 0.3) is 5.56 Å². The highest BCUT2D eigenvalue weighted by molar-refractivity contribution is 14.1. The van der Waals surface area contributed by atoms with Gasteiger partial charge in [-0.05, 0) is 67.2 Å². The Labute approximate surface area is 182 Å². The normalized spacial score (nSPS) is 20.5. The van der Waals surface area contributed by atoms with Crippen molar-refractivity contribution in [2.45, 2.75) is 19.0 Å². The van der Waals surface area contributed by atoms with Gasteiger partial charge in [-0.1, -0.05) is 15.9 Å². The monoisotopic (exact) mass is 556 g/mol. The van der Waals surface area contributed by atoms with Crippen molar-refractivity contribution in [1.29, 1.82) is 0 Å². The number of nitrogens with zero attached hydrogens (tertiary/aromatic N) is 2. The molecule has 3 N–H and O–H groups in total. The van der Waals surface area contributed by atoms with Crippen LogP contribution in [0.5, 0.6) is 0 Å². The van der Waals surface area contributed by atoms with Crippen LogP contribution in [0.3, 0.4) is 0 Å². The molecule has 1 aromatic carbocycles. The van der Waals surface area contributed by atoms with Crippen LogP contribution in [-0.4, -0.2) is 45.7 Å². The van der Waals surface area contributed by atoms with Gasteiger partial charge < -0.3 is 15.4 Å². The zero-order chi connectivity index (χ0) is 20.0. The molecule has 1 fully saturated rings. The summed E-state index contributed by atoms with van der Waals surface area (Å²) in [6.07, 6.45) is 2.73. The maximum absolute atomic E-state index is 12.5. The summed E-state index contributed by atoms with van der Waals surface area (Å²) in [5.74, 6) is -0.758. The minimum absolute atomic E-state index is 0.198. The third-order valence-electron chi connectivity index (χ3n) is 5.23. The molecule has 0 bridgehead atoms. The van der Waals surface area contributed by atoms with Crippen LogP contribution in [-0.2, 0) is 4.79 Å². The lowest BCUT2D eigenvalue weighted by atomic mass is 9.94. The number of halogens is 2. The van der Waals surface area contributed by atoms with E-state index in [1.165, 1.54) is 0 Å². The maximum Gasteiger partial charge on any atom is 0.309 e. The summed E-state index contributed by atoms with van der Waals surface area (Å²) in [6, 6.07) is 5.68. The van der Waals surface area contributed by atoms with Gasteiger partial charge in [0.05, 0.1) is 26.6 Å². The number of hydrogen-bond donors (Lipinski definition) is 3. The topological polar surface area (TPSA) is 98.3 Å². The average Bonchev–Trinajstić information content (AvgIpc) is 2.65. The van der Waals surface area contributed by atoms with Gasteiger partial charge >= 0.3 is 5.97 Å². The first-order chi connectivity index (χ1) is 13.4. The van der Waals surface area contributed by atoms with Crippen LogP contribution in [0.4, 0.5) is 5.82 Å². The highest BCUT2D eigenvalue weighted by Crippen LogP contribution is 2.33. The van der Waals surface area contributed by atoms with Crippen molar-refractivity contribution in [2.24, 2.45) is 5.92 Å². The van der Waals surface area contributed by atoms with Gasteiger partial charge in [0.2, 0.25) is 0 Å². The number of piperidine rings is 1. The summed E-state index contributed by atoms with van der Waals surface area (Å²) < 4.78 is 1.68. The number of rotatable bonds is 3. The fraction of sp³-hybridized carbons (Fsp3) is 0.316. The van der Waals surface area contributed by atoms with Gasteiger partial charge in [0.1, 0.15) is 5.82 Å². The van der Waals surface area contributed by atoms with E-state index in [-0.39, 0.29) is 11.7 Å². The van der Waals surface area contributed by atoms with Crippen molar-refractivity contribution >= 4 is 72.0 Å². The molecule has 0 aliphatic carbocycles. The van der Waals surface area contributed by atoms with Crippen LogP contribution in [0.25, 0.3) is 21.7 Å². The number of carboxylic acid groups (broad SMARTS) is 1. The quantitative estimate of drug-likeness (QED) is 0.337. The fourth-order valence-corrected chi connectivity index (χ4v) is 4.75. The molecule has 1 aliphatic rings. The first-order valence-electron chi connectivity index (χ1n) is 8.86. The maximum atomic E-state index is 12.5. The Kier molecular flexibility index (Phi) is 5.32. The zero-order valence-corrected chi connectivity index (χ0v) is 18.7. The molecule has 2 aromatic heterocycles. The average molecular weight is 557 g/mol. The minimum Gasteiger partial charge on any atom is -0.481 e. The number of fused-ring (bicyclic) bond motifs is 3. The lowest BCUT2D eigenvalue weighted by molar-refractivity contribution is -0.145. The van der Waals surface area contributed by atoms with E-state index < -0.39 is 11.9 Å². The van der Waals surface area contributed by atoms with E-state index in [1.807, 2.05) is 30.1 Å². The second kappa shape index (κ2) is 7.60. The number of H-pyrrole nitrogens is 1. The number of anilines is 1. The summed E-state index contributed by atoms with van der Waals surface area (Å²) in [6.45, 7) is 0.815. The molecule has 0 spiro atoms. The number of carbonyl (C=O) groups is 1. The van der Waals surface area contributed by atoms with Crippen molar-refractivity contribution < 1.29 is 9.90 Å². The summed E-state index contributed by atoms with van der Waals surface area (Å²) in [5.41, 5.74) is 0.401. The second-order valence-corrected chi connectivity index (χ2v) is 9.07. The molecule has 4 rings (SSSR count). The SMILES string of the molecule is CN1CCC[C@H](C(=O)O)C1Nc1nc2c(I)c[nH]c(=O)c2c2cc(Br)ccc12. The Bertz CT molecular complexity index is 1150. The molecule has 0 saturated carbocycles. The number of benzene rings is 1. The lowest BCUT2D eigenvalue weighted by Crippen LogP contribution is -2.50. The molecule has 28 heavy (non-hydrogen) atoms. The van der Waals surface area contributed by atoms with Crippen LogP contribution in [0.2, 0.25) is 0 Å². The molecule has 1 aliphatic heterocycles. The predicted octanol–water partition coefficient (Wildman–Crippen LogP) is 3.61. The summed E-state index contributed by atoms with van der Waals surface area (Å²) >= 11 is 5.63. The van der Waals surface area contributed by atoms with Crippen LogP contribution in [0.1, 0.15) is 12.8 Å². The Morgan fingerprint density at radius 3 is 2.96 bits per heavy atom. The predicted molar refractivity (Wildman–Crippen MR) is 121 cm³/mol. The molecular weight excluding hydrogens is 539 g/mol. The number of carboxylic acids is 1. The number of aliphatic carboxylic acids is 1. The van der Waals surface area contributed by atoms with Crippen LogP contribution < -0.4 is 10.9 Å². The third kappa shape index (κ3) is 3.39. The molecule has 1 unspecified atom stereocenters. The van der Waals surface area contributed by atoms with E-state index in [1.54, 1.807) is 6.20 Å². The molecule has 3 heterocycles. The minimum atomic E-state index is -0.817. The van der Waals surface area contributed by atoms with E-state index >= 15 is 0 Å². The molecule has 0 amide bonds. The van der Waals surface area contributed by atoms with Crippen molar-refractivity contribution in [3.8, 4) is 0 Å². The van der Waals surface area contributed by atoms with Gasteiger partial charge in [0, 0.05) is 21.4 Å². The highest BCUT2D eigenvalue weighted by atomic mass is 127. The summed E-state index contributed by atoms with van der Waals surface area (Å²) in [4.78, 5) is 33.8. The smallest absolute Gasteiger partial charge is 0.309 e. The second-order valence-electron chi connectivity index (χ2n) is 7.00. The molecule has 3 aromatic rings. The number of aromatic amines is 1. The van der Waals surface area contributed by atoms with Crippen LogP contribution >= 0.6 is 38.5 Å². The Balaban J connectivity index is 1.94. The van der Waals surface area contributed by atoms with Gasteiger partial charge in [-0.15, -0.1) is 0 Å². The lowest BCUT2D eigenvalue weighted by Gasteiger charge is -2.38. The summed E-state index contributed by atoms with van der Waals surface area (Å²) in [7, 11) is 1.92. The van der Waals surface area contributed by atoms with Crippen LogP contribution in [0.15, 0.2) is 33.7 Å². The molecule has 9 heteroatoms. The number of likely N-dealkylation sites (tertiary alicyclic amines) is 1. The molecule has 2 atom stereocenters. The number of nitrogens with one attached hydrogen (secondary N) is 2. The summed E-state index contributed by atoms with van der Waals surface area (Å²) in [5, 5.41) is 15.1. The van der Waals surface area contributed by atoms with Crippen molar-refractivity contribution in [3.05, 3.63) is 42.8 Å². The molecule has 7 nitrogen and oxygen atoms in total. The molecule has 0 radical (unpaired) electrons. The van der Waals surface area contributed by atoms with Gasteiger partial charge in [0.15, 0.2) is 0 Å². The van der Waals surface area contributed by atoms with E-state index in [0.717, 1.165) is 31.8 Å². The number of aromatic nitrogens is 2. The van der Waals surface area contributed by atoms with Crippen molar-refractivity contribution in [1.82, 2.24) is 14.9 Å². The van der Waals surface area contributed by atoms with Crippen molar-refractivity contribution in [3.63, 3.8) is 0 Å². The van der Waals surface area contributed by atoms with Crippen molar-refractivity contribution in [2.75, 3.05) is 18.9 Å². The third-order valence-corrected chi connectivity index (χ3v) is 6.55. The number of pyridine rings is 2. The first-order valence-corrected chi connectivity index (χ1v) is 10.7. The molecule has 146 valence electrons. The Morgan fingerprint density at radius 2 is 2.21 bits per heavy atom. The molecular formula is C19H18BrIN4O3. The zero-order valence-electron chi connectivity index (χ0n) is 15.0. The highest BCUT2D eigenvalue weighted by Gasteiger charge is 2.35. The van der Waals surface area contributed by atoms with E-state index in [4.69, 9.17) is 4.98 Å². The Morgan fingerprint density at radius 1 is 1.43 bits per heavy atom. The van der Waals surface area contributed by atoms with Crippen LogP contribution in [0, 0.1) is 9.49 Å². The van der Waals surface area contributed by atoms with E-state index in [2.05, 4.69) is 48.8 Å². The van der Waals surface area contributed by atoms with Gasteiger partial charge in [-0.25, -0.2) is 4.98 Å². The largest absolute Gasteiger partial charge is 0.481 e. The van der Waals surface area contributed by atoms with E-state index in [9.17, 15) is 14.7 Å². The van der Waals surface area contributed by atoms with E-state index in [0.29, 0.717) is 23.1 Å². The van der Waals surface area contributed by atoms with Gasteiger partial charge in [-0.2, -0.15) is 0 Å². The number of hydrogen-bond acceptors (Lipinski definition) is 5. The standard InChI is InChI=1S/C19H18BrIN4O3/c1-25-6-2-3-11(19(27)28)17(25)24-16-10-5-4-9(20)7-12(10)14-15(23-16)13(21)8-22-18(14)26/h4-5,7-8,11,17H,2-3,6H2,1H3,(H,22,26)(H,23,24)(H,27,28)/t11-,17?/m0/s1. The fourth-order valence-electron chi connectivity index (χ4n) is 3.84. The van der Waals surface area contributed by atoms with Gasteiger partial charge in [-0.3, -0.25) is 14.5 Å².